The van der Waals surface area contributed by atoms with Crippen molar-refractivity contribution in [3.05, 3.63) is 24.3 Å². The van der Waals surface area contributed by atoms with Crippen LogP contribution in [0.15, 0.2) is 24.3 Å². The Hall–Kier alpha value is -1.75. The van der Waals surface area contributed by atoms with Gasteiger partial charge in [0.25, 0.3) is 0 Å². The van der Waals surface area contributed by atoms with Crippen molar-refractivity contribution in [1.29, 1.82) is 0 Å². The van der Waals surface area contributed by atoms with E-state index < -0.39 is 0 Å². The Labute approximate surface area is 140 Å². The predicted octanol–water partition coefficient (Wildman–Crippen LogP) is 2.16. The molecule has 0 radical (unpaired) electrons. The van der Waals surface area contributed by atoms with Crippen molar-refractivity contribution in [1.82, 2.24) is 10.2 Å². The number of nitrogens with one attached hydrogen (secondary N) is 2. The molecule has 0 aromatic heterocycles. The Kier molecular flexibility index (Phi) is 7.20. The lowest BCUT2D eigenvalue weighted by atomic mass is 10.2. The molecule has 1 aromatic carbocycles. The zero-order valence-electron chi connectivity index (χ0n) is 14.5. The molecule has 1 aliphatic rings. The van der Waals surface area contributed by atoms with E-state index in [2.05, 4.69) is 58.7 Å². The van der Waals surface area contributed by atoms with Crippen LogP contribution in [0, 0.1) is 0 Å². The third-order valence-corrected chi connectivity index (χ3v) is 4.27. The van der Waals surface area contributed by atoms with Gasteiger partial charge in [-0.3, -0.25) is 4.79 Å². The first-order valence-corrected chi connectivity index (χ1v) is 8.73. The Morgan fingerprint density at radius 3 is 2.43 bits per heavy atom. The Bertz CT molecular complexity index is 466. The summed E-state index contributed by atoms with van der Waals surface area (Å²) in [5.74, 6) is 0.125. The molecule has 1 amide bonds. The largest absolute Gasteiger partial charge is 0.385 e. The number of benzene rings is 1. The number of piperazine rings is 1. The molecule has 2 rings (SSSR count). The molecule has 1 heterocycles. The highest BCUT2D eigenvalue weighted by Gasteiger charge is 2.13. The molecular weight excluding hydrogens is 288 g/mol. The molecule has 5 nitrogen and oxygen atoms in total. The number of likely N-dealkylation sites (N-methyl/N-ethyl adjacent to an activating group) is 1. The maximum atomic E-state index is 11.6. The molecule has 5 heteroatoms. The Morgan fingerprint density at radius 1 is 1.09 bits per heavy atom. The lowest BCUT2D eigenvalue weighted by molar-refractivity contribution is -0.120. The fraction of sp³-hybridized carbons (Fsp3) is 0.611. The number of carbonyl (C=O) groups is 1. The van der Waals surface area contributed by atoms with Crippen LogP contribution in [0.25, 0.3) is 0 Å². The number of hydrogen-bond acceptors (Lipinski definition) is 4. The van der Waals surface area contributed by atoms with Crippen molar-refractivity contribution in [2.24, 2.45) is 0 Å². The molecule has 0 spiro atoms. The van der Waals surface area contributed by atoms with Gasteiger partial charge in [0, 0.05) is 57.1 Å². The molecular formula is C18H30N4O. The summed E-state index contributed by atoms with van der Waals surface area (Å²) >= 11 is 0. The topological polar surface area (TPSA) is 47.6 Å². The number of rotatable bonds is 8. The molecule has 0 bridgehead atoms. The second-order valence-corrected chi connectivity index (χ2v) is 6.22. The van der Waals surface area contributed by atoms with Crippen LogP contribution in [-0.4, -0.2) is 57.1 Å². The van der Waals surface area contributed by atoms with E-state index in [9.17, 15) is 4.79 Å². The van der Waals surface area contributed by atoms with Gasteiger partial charge in [0.05, 0.1) is 0 Å². The highest BCUT2D eigenvalue weighted by Crippen LogP contribution is 2.19. The SMILES string of the molecule is CCCCNC(=O)CCNc1ccc(N2CCN(C)CC2)cc1. The van der Waals surface area contributed by atoms with Crippen LogP contribution in [0.3, 0.4) is 0 Å². The van der Waals surface area contributed by atoms with Crippen molar-refractivity contribution in [3.8, 4) is 0 Å². The van der Waals surface area contributed by atoms with Gasteiger partial charge >= 0.3 is 0 Å². The first-order valence-electron chi connectivity index (χ1n) is 8.73. The van der Waals surface area contributed by atoms with Crippen molar-refractivity contribution in [3.63, 3.8) is 0 Å². The third-order valence-electron chi connectivity index (χ3n) is 4.27. The minimum atomic E-state index is 0.125. The Balaban J connectivity index is 1.69. The van der Waals surface area contributed by atoms with Gasteiger partial charge in [-0.25, -0.2) is 0 Å². The summed E-state index contributed by atoms with van der Waals surface area (Å²) in [6, 6.07) is 8.52. The van der Waals surface area contributed by atoms with Crippen LogP contribution in [0.1, 0.15) is 26.2 Å². The van der Waals surface area contributed by atoms with Gasteiger partial charge in [-0.05, 0) is 37.7 Å². The van der Waals surface area contributed by atoms with Gasteiger partial charge in [0.15, 0.2) is 0 Å². The van der Waals surface area contributed by atoms with E-state index in [-0.39, 0.29) is 5.91 Å². The van der Waals surface area contributed by atoms with Gasteiger partial charge in [0.1, 0.15) is 0 Å². The van der Waals surface area contributed by atoms with E-state index in [1.165, 1.54) is 5.69 Å². The second kappa shape index (κ2) is 9.40. The zero-order valence-corrected chi connectivity index (χ0v) is 14.5. The molecule has 1 saturated heterocycles. The lowest BCUT2D eigenvalue weighted by Gasteiger charge is -2.34. The number of carbonyl (C=O) groups excluding carboxylic acids is 1. The van der Waals surface area contributed by atoms with E-state index in [1.54, 1.807) is 0 Å². The smallest absolute Gasteiger partial charge is 0.221 e. The van der Waals surface area contributed by atoms with Crippen molar-refractivity contribution in [2.75, 3.05) is 56.5 Å². The van der Waals surface area contributed by atoms with Crippen LogP contribution < -0.4 is 15.5 Å². The quantitative estimate of drug-likeness (QED) is 0.721. The van der Waals surface area contributed by atoms with Gasteiger partial charge in [-0.2, -0.15) is 0 Å². The molecule has 0 atom stereocenters. The molecule has 2 N–H and O–H groups in total. The van der Waals surface area contributed by atoms with E-state index in [0.29, 0.717) is 13.0 Å². The van der Waals surface area contributed by atoms with Crippen LogP contribution >= 0.6 is 0 Å². The fourth-order valence-corrected chi connectivity index (χ4v) is 2.67. The van der Waals surface area contributed by atoms with Gasteiger partial charge in [-0.15, -0.1) is 0 Å². The molecule has 0 unspecified atom stereocenters. The summed E-state index contributed by atoms with van der Waals surface area (Å²) < 4.78 is 0. The second-order valence-electron chi connectivity index (χ2n) is 6.22. The van der Waals surface area contributed by atoms with E-state index in [0.717, 1.165) is 51.3 Å². The summed E-state index contributed by atoms with van der Waals surface area (Å²) in [4.78, 5) is 16.4. The van der Waals surface area contributed by atoms with Crippen LogP contribution in [0.5, 0.6) is 0 Å². The maximum absolute atomic E-state index is 11.6. The van der Waals surface area contributed by atoms with Crippen LogP contribution in [-0.2, 0) is 4.79 Å². The summed E-state index contributed by atoms with van der Waals surface area (Å²) in [6.07, 6.45) is 2.68. The van der Waals surface area contributed by atoms with Gasteiger partial charge in [0.2, 0.25) is 5.91 Å². The summed E-state index contributed by atoms with van der Waals surface area (Å²) in [7, 11) is 2.17. The minimum absolute atomic E-state index is 0.125. The molecule has 0 aliphatic carbocycles. The molecule has 1 aromatic rings. The highest BCUT2D eigenvalue weighted by molar-refractivity contribution is 5.76. The number of nitrogens with zero attached hydrogens (tertiary/aromatic N) is 2. The lowest BCUT2D eigenvalue weighted by Crippen LogP contribution is -2.44. The molecule has 23 heavy (non-hydrogen) atoms. The molecule has 1 aliphatic heterocycles. The first kappa shape index (κ1) is 17.6. The van der Waals surface area contributed by atoms with Gasteiger partial charge < -0.3 is 20.4 Å². The minimum Gasteiger partial charge on any atom is -0.385 e. The average Bonchev–Trinajstić information content (AvgIpc) is 2.57. The van der Waals surface area contributed by atoms with Crippen molar-refractivity contribution >= 4 is 17.3 Å². The van der Waals surface area contributed by atoms with E-state index in [1.807, 2.05) is 0 Å². The van der Waals surface area contributed by atoms with E-state index >= 15 is 0 Å². The summed E-state index contributed by atoms with van der Waals surface area (Å²) in [5, 5.41) is 6.25. The fourth-order valence-electron chi connectivity index (χ4n) is 2.67. The number of amides is 1. The maximum Gasteiger partial charge on any atom is 0.221 e. The predicted molar refractivity (Wildman–Crippen MR) is 97.2 cm³/mol. The molecule has 1 fully saturated rings. The third kappa shape index (κ3) is 6.10. The zero-order chi connectivity index (χ0) is 16.5. The van der Waals surface area contributed by atoms with Crippen molar-refractivity contribution in [2.45, 2.75) is 26.2 Å². The summed E-state index contributed by atoms with van der Waals surface area (Å²) in [6.45, 7) is 7.99. The molecule has 128 valence electrons. The number of anilines is 2. The number of unbranched alkanes of at least 4 members (excludes halogenated alkanes) is 1. The normalized spacial score (nSPS) is 15.5. The van der Waals surface area contributed by atoms with Gasteiger partial charge in [-0.1, -0.05) is 13.3 Å². The van der Waals surface area contributed by atoms with Crippen LogP contribution in [0.4, 0.5) is 11.4 Å². The number of hydrogen-bond donors (Lipinski definition) is 2. The highest BCUT2D eigenvalue weighted by atomic mass is 16.1. The van der Waals surface area contributed by atoms with E-state index in [4.69, 9.17) is 0 Å². The van der Waals surface area contributed by atoms with Crippen molar-refractivity contribution < 1.29 is 4.79 Å². The first-order chi connectivity index (χ1) is 11.2. The Morgan fingerprint density at radius 2 is 1.78 bits per heavy atom. The van der Waals surface area contributed by atoms with Crippen LogP contribution in [0.2, 0.25) is 0 Å². The monoisotopic (exact) mass is 318 g/mol. The standard InChI is InChI=1S/C18H30N4O/c1-3-4-10-20-18(23)9-11-19-16-5-7-17(8-6-16)22-14-12-21(2)13-15-22/h5-8,19H,3-4,9-15H2,1-2H3,(H,20,23). The average molecular weight is 318 g/mol. The summed E-state index contributed by atoms with van der Waals surface area (Å²) in [5.41, 5.74) is 2.35. The molecule has 0 saturated carbocycles.